The molecule has 0 bridgehead atoms. The summed E-state index contributed by atoms with van der Waals surface area (Å²) < 4.78 is 15.1. The van der Waals surface area contributed by atoms with Crippen LogP contribution in [0, 0.1) is 18.5 Å². The molecule has 4 heterocycles. The Morgan fingerprint density at radius 1 is 0.673 bits per heavy atom. The Balaban J connectivity index is 0.00000397. The predicted molar refractivity (Wildman–Crippen MR) is 211 cm³/mol. The van der Waals surface area contributed by atoms with Crippen molar-refractivity contribution in [2.24, 2.45) is 0 Å². The summed E-state index contributed by atoms with van der Waals surface area (Å²) in [5.41, 5.74) is 9.54. The second kappa shape index (κ2) is 13.1. The zero-order valence-electron chi connectivity index (χ0n) is 30.8. The molecule has 0 saturated heterocycles. The van der Waals surface area contributed by atoms with Crippen molar-refractivity contribution in [2.45, 2.75) is 38.6 Å². The van der Waals surface area contributed by atoms with Crippen LogP contribution in [0.3, 0.4) is 0 Å². The Morgan fingerprint density at radius 2 is 1.33 bits per heavy atom. The number of hydrogen-bond acceptors (Lipinski definition) is 3. The fourth-order valence-corrected chi connectivity index (χ4v) is 7.77. The van der Waals surface area contributed by atoms with Crippen LogP contribution in [0.2, 0.25) is 0 Å². The van der Waals surface area contributed by atoms with Gasteiger partial charge in [-0.3, -0.25) is 14.1 Å². The number of imidazole rings is 3. The summed E-state index contributed by atoms with van der Waals surface area (Å²) in [5, 5.41) is 0. The molecule has 1 aliphatic rings. The molecule has 0 amide bonds. The van der Waals surface area contributed by atoms with Gasteiger partial charge in [0, 0.05) is 50.4 Å². The van der Waals surface area contributed by atoms with E-state index in [0.29, 0.717) is 11.5 Å². The average molecular weight is 896 g/mol. The van der Waals surface area contributed by atoms with Crippen LogP contribution in [-0.4, -0.2) is 23.7 Å². The molecule has 0 atom stereocenters. The van der Waals surface area contributed by atoms with Gasteiger partial charge in [0.1, 0.15) is 5.82 Å². The second-order valence-electron chi connectivity index (χ2n) is 14.8. The smallest absolute Gasteiger partial charge is 0.268 e. The van der Waals surface area contributed by atoms with Crippen LogP contribution in [0.5, 0.6) is 11.5 Å². The van der Waals surface area contributed by atoms with E-state index in [4.69, 9.17) is 14.7 Å². The van der Waals surface area contributed by atoms with Crippen LogP contribution < -0.4 is 9.30 Å². The van der Waals surface area contributed by atoms with Gasteiger partial charge in [-0.15, -0.1) is 30.3 Å². The summed E-state index contributed by atoms with van der Waals surface area (Å²) in [7, 11) is 0. The van der Waals surface area contributed by atoms with Gasteiger partial charge in [0.25, 0.3) is 6.33 Å². The summed E-state index contributed by atoms with van der Waals surface area (Å²) in [6.07, 6.45) is 7.62. The average Bonchev–Trinajstić information content (AvgIpc) is 3.94. The maximum Gasteiger partial charge on any atom is 0.268 e. The van der Waals surface area contributed by atoms with Gasteiger partial charge in [0.15, 0.2) is 0 Å². The third-order valence-corrected chi connectivity index (χ3v) is 11.3. The van der Waals surface area contributed by atoms with Gasteiger partial charge in [-0.1, -0.05) is 117 Å². The van der Waals surface area contributed by atoms with Crippen LogP contribution in [0.1, 0.15) is 33.5 Å². The Labute approximate surface area is 334 Å². The van der Waals surface area contributed by atoms with Crippen molar-refractivity contribution in [1.82, 2.24) is 23.7 Å². The van der Waals surface area contributed by atoms with Crippen molar-refractivity contribution in [3.05, 3.63) is 170 Å². The molecule has 3 aromatic heterocycles. The number of hydrogen-bond donors (Lipinski definition) is 0. The molecule has 9 aromatic rings. The summed E-state index contributed by atoms with van der Waals surface area (Å²) >= 11 is 0. The molecule has 1 aliphatic heterocycles. The van der Waals surface area contributed by atoms with Gasteiger partial charge in [0.2, 0.25) is 5.95 Å². The van der Waals surface area contributed by atoms with E-state index in [9.17, 15) is 0 Å². The molecule has 0 spiro atoms. The van der Waals surface area contributed by atoms with Crippen molar-refractivity contribution in [3.63, 3.8) is 0 Å². The molecule has 8 heteroatoms. The molecule has 10 rings (SSSR count). The normalized spacial score (nSPS) is 14.0. The molecule has 0 radical (unpaired) electrons. The van der Waals surface area contributed by atoms with Crippen LogP contribution in [0.25, 0.3) is 61.6 Å². The van der Waals surface area contributed by atoms with E-state index in [1.165, 1.54) is 0 Å². The maximum absolute atomic E-state index is 6.52. The zero-order chi connectivity index (χ0) is 36.6. The zero-order valence-corrected chi connectivity index (χ0v) is 33.0. The maximum atomic E-state index is 6.52. The van der Waals surface area contributed by atoms with E-state index in [-0.39, 0.29) is 32.0 Å². The Kier molecular flexibility index (Phi) is 8.25. The Hall–Kier alpha value is -6.04. The standard InChI is InChI=1S/C47H36N6O.Pt/c1-46(2)44-49-39-26-25-36(30-42(39)53(44)45-48-27-28-52(45)47(46,3)4)54-35-20-13-19-34(29-35)50-31-51(41-24-12-11-23-40(41)50)43-37(32-15-7-5-8-16-32)21-14-22-38(43)33-17-9-6-10-18-33;/h5-28H,1-4H3;/q-2;. The second-order valence-corrected chi connectivity index (χ2v) is 14.8. The summed E-state index contributed by atoms with van der Waals surface area (Å²) in [5.74, 6) is 2.92. The minimum Gasteiger partial charge on any atom is -0.510 e. The van der Waals surface area contributed by atoms with Crippen LogP contribution in [0.15, 0.2) is 146 Å². The van der Waals surface area contributed by atoms with Crippen molar-refractivity contribution in [3.8, 4) is 51.1 Å². The molecule has 0 aliphatic carbocycles. The number of nitrogens with zero attached hydrogens (tertiary/aromatic N) is 6. The van der Waals surface area contributed by atoms with Crippen LogP contribution >= 0.6 is 0 Å². The Bertz CT molecular complexity index is 2810. The third-order valence-electron chi connectivity index (χ3n) is 11.3. The van der Waals surface area contributed by atoms with Crippen LogP contribution in [-0.2, 0) is 32.0 Å². The van der Waals surface area contributed by atoms with Gasteiger partial charge >= 0.3 is 0 Å². The molecule has 0 unspecified atom stereocenters. The molecular formula is C47H36N6OPt-2. The van der Waals surface area contributed by atoms with E-state index in [2.05, 4.69) is 168 Å². The molecule has 272 valence electrons. The number of aromatic nitrogens is 6. The molecule has 7 nitrogen and oxygen atoms in total. The molecule has 0 fully saturated rings. The van der Waals surface area contributed by atoms with E-state index in [1.54, 1.807) is 0 Å². The first kappa shape index (κ1) is 34.7. The first-order chi connectivity index (χ1) is 26.3. The number of fused-ring (bicyclic) bond motifs is 6. The minimum atomic E-state index is -0.271. The van der Waals surface area contributed by atoms with E-state index in [0.717, 1.165) is 67.5 Å². The van der Waals surface area contributed by atoms with Gasteiger partial charge in [-0.25, -0.2) is 4.98 Å². The first-order valence-corrected chi connectivity index (χ1v) is 18.2. The van der Waals surface area contributed by atoms with E-state index in [1.807, 2.05) is 42.7 Å². The number of benzene rings is 6. The van der Waals surface area contributed by atoms with Crippen molar-refractivity contribution in [2.75, 3.05) is 0 Å². The predicted octanol–water partition coefficient (Wildman–Crippen LogP) is 9.99. The molecule has 0 N–H and O–H groups in total. The number of ether oxygens (including phenoxy) is 1. The minimum absolute atomic E-state index is 0. The number of para-hydroxylation sites is 3. The largest absolute Gasteiger partial charge is 0.510 e. The third kappa shape index (κ3) is 5.40. The van der Waals surface area contributed by atoms with Gasteiger partial charge < -0.3 is 13.9 Å². The van der Waals surface area contributed by atoms with Crippen molar-refractivity contribution in [1.29, 1.82) is 0 Å². The quantitative estimate of drug-likeness (QED) is 0.123. The van der Waals surface area contributed by atoms with Gasteiger partial charge in [-0.05, 0) is 52.8 Å². The fraction of sp³-hybridized carbons (Fsp3) is 0.128. The van der Waals surface area contributed by atoms with Crippen LogP contribution in [0.4, 0.5) is 0 Å². The first-order valence-electron chi connectivity index (χ1n) is 18.2. The SMILES string of the molecule is CC1(C)c2nc3ccc(Oc4[c-]c(-n5[c-][n+](-c6c(-c7ccccc7)cccc6-c6ccccc6)c6ccccc65)ccc4)[c-]c3n2-c2nccn2C1(C)C.[Pt]. The van der Waals surface area contributed by atoms with Gasteiger partial charge in [-0.2, -0.15) is 12.1 Å². The topological polar surface area (TPSA) is 53.7 Å². The molecule has 0 saturated carbocycles. The summed E-state index contributed by atoms with van der Waals surface area (Å²) in [4.78, 5) is 9.84. The summed E-state index contributed by atoms with van der Waals surface area (Å²) in [6.45, 7) is 8.94. The molecule has 55 heavy (non-hydrogen) atoms. The molecular weight excluding hydrogens is 860 g/mol. The van der Waals surface area contributed by atoms with Crippen molar-refractivity contribution >= 4 is 22.1 Å². The molecule has 6 aromatic carbocycles. The van der Waals surface area contributed by atoms with E-state index < -0.39 is 0 Å². The summed E-state index contributed by atoms with van der Waals surface area (Å²) in [6, 6.07) is 52.9. The monoisotopic (exact) mass is 895 g/mol. The Morgan fingerprint density at radius 3 is 2.05 bits per heavy atom. The number of rotatable bonds is 6. The van der Waals surface area contributed by atoms with E-state index >= 15 is 0 Å². The van der Waals surface area contributed by atoms with Gasteiger partial charge in [0.05, 0.1) is 22.3 Å². The fourth-order valence-electron chi connectivity index (χ4n) is 7.77. The van der Waals surface area contributed by atoms with Crippen molar-refractivity contribution < 1.29 is 30.4 Å².